The van der Waals surface area contributed by atoms with Gasteiger partial charge in [-0.15, -0.1) is 0 Å². The number of unbranched alkanes of at least 4 members (excludes halogenated alkanes) is 2. The van der Waals surface area contributed by atoms with Gasteiger partial charge in [0.1, 0.15) is 0 Å². The molecule has 0 aromatic carbocycles. The fraction of sp³-hybridized carbons (Fsp3) is 0.800. The van der Waals surface area contributed by atoms with Crippen LogP contribution in [0.3, 0.4) is 0 Å². The molecule has 14 heavy (non-hydrogen) atoms. The average Bonchev–Trinajstić information content (AvgIpc) is 2.16. The number of carbonyl (C=O) groups is 1. The van der Waals surface area contributed by atoms with Gasteiger partial charge >= 0.3 is 12.4 Å². The van der Waals surface area contributed by atoms with Crippen molar-refractivity contribution in [1.82, 2.24) is 4.90 Å². The molecule has 0 aliphatic rings. The van der Waals surface area contributed by atoms with Crippen LogP contribution in [-0.4, -0.2) is 35.5 Å². The molecule has 4 heteroatoms. The van der Waals surface area contributed by atoms with E-state index in [2.05, 4.69) is 6.92 Å². The standard InChI is InChI=1S/C10H18NO3/c1-2-3-7-11(9-12)8-5-4-6-10(13)14/h2-8H2,1H3,(H,13,14). The van der Waals surface area contributed by atoms with Crippen LogP contribution in [0.4, 0.5) is 0 Å². The topological polar surface area (TPSA) is 57.6 Å². The van der Waals surface area contributed by atoms with Crippen LogP contribution in [0.25, 0.3) is 0 Å². The second-order valence-electron chi connectivity index (χ2n) is 3.28. The third-order valence-electron chi connectivity index (χ3n) is 1.98. The van der Waals surface area contributed by atoms with E-state index >= 15 is 0 Å². The van der Waals surface area contributed by atoms with Crippen molar-refractivity contribution in [2.24, 2.45) is 0 Å². The minimum atomic E-state index is -0.778. The van der Waals surface area contributed by atoms with Crippen molar-refractivity contribution in [3.05, 3.63) is 0 Å². The van der Waals surface area contributed by atoms with Crippen LogP contribution in [-0.2, 0) is 9.59 Å². The molecule has 0 bridgehead atoms. The van der Waals surface area contributed by atoms with Gasteiger partial charge in [0.25, 0.3) is 0 Å². The number of hydrogen-bond donors (Lipinski definition) is 1. The molecule has 1 radical (unpaired) electrons. The third kappa shape index (κ3) is 7.58. The Balaban J connectivity index is 3.42. The fourth-order valence-electron chi connectivity index (χ4n) is 1.13. The van der Waals surface area contributed by atoms with Gasteiger partial charge in [-0.1, -0.05) is 13.3 Å². The van der Waals surface area contributed by atoms with Crippen molar-refractivity contribution in [2.45, 2.75) is 39.0 Å². The number of rotatable bonds is 9. The van der Waals surface area contributed by atoms with Gasteiger partial charge in [-0.05, 0) is 19.3 Å². The lowest BCUT2D eigenvalue weighted by atomic mass is 10.2. The largest absolute Gasteiger partial charge is 0.481 e. The van der Waals surface area contributed by atoms with Crippen LogP contribution in [0.1, 0.15) is 39.0 Å². The van der Waals surface area contributed by atoms with E-state index in [1.54, 1.807) is 4.90 Å². The molecule has 1 amide bonds. The Bertz CT molecular complexity index is 171. The van der Waals surface area contributed by atoms with E-state index in [0.29, 0.717) is 13.0 Å². The Kier molecular flexibility index (Phi) is 7.89. The molecular weight excluding hydrogens is 182 g/mol. The number of carboxylic acid groups (broad SMARTS) is 1. The highest BCUT2D eigenvalue weighted by atomic mass is 16.4. The van der Waals surface area contributed by atoms with Gasteiger partial charge < -0.3 is 10.0 Å². The quantitative estimate of drug-likeness (QED) is 0.452. The zero-order chi connectivity index (χ0) is 10.8. The first-order valence-corrected chi connectivity index (χ1v) is 5.05. The zero-order valence-electron chi connectivity index (χ0n) is 8.66. The van der Waals surface area contributed by atoms with Gasteiger partial charge in [-0.2, -0.15) is 0 Å². The van der Waals surface area contributed by atoms with Crippen LogP contribution >= 0.6 is 0 Å². The Labute approximate surface area is 84.9 Å². The number of aliphatic carboxylic acids is 1. The normalized spacial score (nSPS) is 9.79. The molecule has 0 rings (SSSR count). The molecule has 0 atom stereocenters. The van der Waals surface area contributed by atoms with Gasteiger partial charge in [0.2, 0.25) is 0 Å². The molecule has 0 saturated heterocycles. The first-order valence-electron chi connectivity index (χ1n) is 5.05. The van der Waals surface area contributed by atoms with Gasteiger partial charge in [0, 0.05) is 19.5 Å². The summed E-state index contributed by atoms with van der Waals surface area (Å²) in [7, 11) is 0. The van der Waals surface area contributed by atoms with E-state index in [-0.39, 0.29) is 6.42 Å². The number of carboxylic acids is 1. The maximum atomic E-state index is 10.4. The molecule has 1 N–H and O–H groups in total. The lowest BCUT2D eigenvalue weighted by Gasteiger charge is -2.14. The van der Waals surface area contributed by atoms with E-state index in [1.165, 1.54) is 0 Å². The van der Waals surface area contributed by atoms with Gasteiger partial charge in [0.15, 0.2) is 0 Å². The first kappa shape index (κ1) is 12.9. The molecule has 0 aliphatic heterocycles. The van der Waals surface area contributed by atoms with Gasteiger partial charge in [0.05, 0.1) is 0 Å². The van der Waals surface area contributed by atoms with Crippen molar-refractivity contribution in [2.75, 3.05) is 13.1 Å². The molecule has 0 aliphatic carbocycles. The Hall–Kier alpha value is -1.06. The second-order valence-corrected chi connectivity index (χ2v) is 3.28. The molecule has 0 spiro atoms. The summed E-state index contributed by atoms with van der Waals surface area (Å²) in [5.74, 6) is -0.778. The average molecular weight is 200 g/mol. The third-order valence-corrected chi connectivity index (χ3v) is 1.98. The first-order chi connectivity index (χ1) is 6.70. The van der Waals surface area contributed by atoms with E-state index < -0.39 is 5.97 Å². The van der Waals surface area contributed by atoms with Gasteiger partial charge in [-0.3, -0.25) is 9.59 Å². The number of hydrogen-bond acceptors (Lipinski definition) is 2. The molecule has 0 aromatic heterocycles. The summed E-state index contributed by atoms with van der Waals surface area (Å²) in [5.41, 5.74) is 0. The van der Waals surface area contributed by atoms with Crippen molar-refractivity contribution in [1.29, 1.82) is 0 Å². The van der Waals surface area contributed by atoms with E-state index in [0.717, 1.165) is 25.8 Å². The van der Waals surface area contributed by atoms with E-state index in [9.17, 15) is 9.59 Å². The van der Waals surface area contributed by atoms with Crippen LogP contribution < -0.4 is 0 Å². The highest BCUT2D eigenvalue weighted by Crippen LogP contribution is 1.99. The van der Waals surface area contributed by atoms with Crippen LogP contribution in [0, 0.1) is 0 Å². The Morgan fingerprint density at radius 2 is 1.93 bits per heavy atom. The summed E-state index contributed by atoms with van der Waals surface area (Å²) in [5, 5.41) is 8.39. The molecule has 0 heterocycles. The van der Waals surface area contributed by atoms with Crippen molar-refractivity contribution in [3.63, 3.8) is 0 Å². The Morgan fingerprint density at radius 3 is 2.43 bits per heavy atom. The van der Waals surface area contributed by atoms with Crippen molar-refractivity contribution >= 4 is 12.4 Å². The lowest BCUT2D eigenvalue weighted by Crippen LogP contribution is -2.24. The minimum absolute atomic E-state index is 0.181. The monoisotopic (exact) mass is 200 g/mol. The SMILES string of the molecule is CCCCN([C]=O)CCCCC(=O)O. The summed E-state index contributed by atoms with van der Waals surface area (Å²) < 4.78 is 0. The molecule has 0 fully saturated rings. The summed E-state index contributed by atoms with van der Waals surface area (Å²) in [4.78, 5) is 22.2. The number of nitrogens with zero attached hydrogens (tertiary/aromatic N) is 1. The zero-order valence-corrected chi connectivity index (χ0v) is 8.66. The van der Waals surface area contributed by atoms with E-state index in [4.69, 9.17) is 5.11 Å². The predicted molar refractivity (Wildman–Crippen MR) is 53.7 cm³/mol. The molecule has 81 valence electrons. The summed E-state index contributed by atoms with van der Waals surface area (Å²) >= 11 is 0. The minimum Gasteiger partial charge on any atom is -0.481 e. The van der Waals surface area contributed by atoms with Crippen LogP contribution in [0.5, 0.6) is 0 Å². The molecule has 0 unspecified atom stereocenters. The maximum Gasteiger partial charge on any atom is 0.312 e. The Morgan fingerprint density at radius 1 is 1.29 bits per heavy atom. The smallest absolute Gasteiger partial charge is 0.312 e. The number of amides is 1. The van der Waals surface area contributed by atoms with Crippen LogP contribution in [0.2, 0.25) is 0 Å². The van der Waals surface area contributed by atoms with E-state index in [1.807, 2.05) is 6.41 Å². The van der Waals surface area contributed by atoms with Crippen LogP contribution in [0.15, 0.2) is 0 Å². The predicted octanol–water partition coefficient (Wildman–Crippen LogP) is 1.41. The van der Waals surface area contributed by atoms with Crippen molar-refractivity contribution in [3.8, 4) is 0 Å². The van der Waals surface area contributed by atoms with Crippen molar-refractivity contribution < 1.29 is 14.7 Å². The molecular formula is C10H18NO3. The lowest BCUT2D eigenvalue weighted by molar-refractivity contribution is -0.137. The molecule has 0 aromatic rings. The molecule has 4 nitrogen and oxygen atoms in total. The highest BCUT2D eigenvalue weighted by molar-refractivity contribution is 5.66. The van der Waals surface area contributed by atoms with Gasteiger partial charge in [-0.25, -0.2) is 0 Å². The summed E-state index contributed by atoms with van der Waals surface area (Å²) in [6.45, 7) is 3.41. The number of carbonyl (C=O) groups excluding carboxylic acids is 1. The highest BCUT2D eigenvalue weighted by Gasteiger charge is 2.02. The maximum absolute atomic E-state index is 10.4. The summed E-state index contributed by atoms with van der Waals surface area (Å²) in [6.07, 6.45) is 5.44. The second kappa shape index (κ2) is 8.53. The fourth-order valence-corrected chi connectivity index (χ4v) is 1.13. The molecule has 0 saturated carbocycles. The summed E-state index contributed by atoms with van der Waals surface area (Å²) in [6, 6.07) is 0.